The molecule has 2 atom stereocenters. The number of amides is 2. The Hall–Kier alpha value is -1.76. The predicted octanol–water partition coefficient (Wildman–Crippen LogP) is -0.709. The van der Waals surface area contributed by atoms with Crippen molar-refractivity contribution in [3.63, 3.8) is 0 Å². The number of carbonyl (C=O) groups excluding carboxylic acids is 1. The second kappa shape index (κ2) is 10.5. The van der Waals surface area contributed by atoms with Gasteiger partial charge in [0.1, 0.15) is 0 Å². The first-order valence-electron chi connectivity index (χ1n) is 9.89. The highest BCUT2D eigenvalue weighted by atomic mass is 32.2. The summed E-state index contributed by atoms with van der Waals surface area (Å²) in [5, 5.41) is 26.8. The van der Waals surface area contributed by atoms with E-state index in [1.54, 1.807) is 12.1 Å². The lowest BCUT2D eigenvalue weighted by Gasteiger charge is -2.20. The molecule has 1 aromatic carbocycles. The van der Waals surface area contributed by atoms with Crippen LogP contribution in [0.2, 0.25) is 0 Å². The van der Waals surface area contributed by atoms with E-state index in [4.69, 9.17) is 21.1 Å². The maximum absolute atomic E-state index is 12.1. The van der Waals surface area contributed by atoms with E-state index in [-0.39, 0.29) is 4.90 Å². The van der Waals surface area contributed by atoms with Crippen LogP contribution in [0.4, 0.5) is 4.79 Å². The molecule has 0 bridgehead atoms. The molecule has 1 aliphatic heterocycles. The first kappa shape index (κ1) is 24.5. The van der Waals surface area contributed by atoms with E-state index in [2.05, 4.69) is 10.1 Å². The molecule has 7 N–H and O–H groups in total. The number of aryl methyl sites for hydroxylation is 1. The van der Waals surface area contributed by atoms with Gasteiger partial charge in [0.05, 0.1) is 30.3 Å². The molecule has 10 nitrogen and oxygen atoms in total. The van der Waals surface area contributed by atoms with Gasteiger partial charge in [-0.3, -0.25) is 5.43 Å². The monoisotopic (exact) mass is 444 g/mol. The fourth-order valence-electron chi connectivity index (χ4n) is 3.54. The Morgan fingerprint density at radius 3 is 2.03 bits per heavy atom. The van der Waals surface area contributed by atoms with E-state index in [0.717, 1.165) is 18.7 Å². The van der Waals surface area contributed by atoms with Crippen molar-refractivity contribution >= 4 is 16.1 Å². The molecule has 30 heavy (non-hydrogen) atoms. The summed E-state index contributed by atoms with van der Waals surface area (Å²) in [6.07, 6.45) is 3.66. The van der Waals surface area contributed by atoms with E-state index >= 15 is 0 Å². The van der Waals surface area contributed by atoms with Crippen molar-refractivity contribution in [2.24, 2.45) is 17.6 Å². The number of hydrazine groups is 1. The van der Waals surface area contributed by atoms with Crippen LogP contribution in [0.3, 0.4) is 0 Å². The highest BCUT2D eigenvalue weighted by molar-refractivity contribution is 7.90. The lowest BCUT2D eigenvalue weighted by molar-refractivity contribution is 0.0697. The molecule has 2 unspecified atom stereocenters. The zero-order valence-electron chi connectivity index (χ0n) is 17.1. The lowest BCUT2D eigenvalue weighted by atomic mass is 10.0. The first-order chi connectivity index (χ1) is 14.1. The zero-order chi connectivity index (χ0) is 22.4. The Balaban J connectivity index is 0.000000343. The lowest BCUT2D eigenvalue weighted by Crippen LogP contribution is -2.50. The predicted molar refractivity (Wildman–Crippen MR) is 111 cm³/mol. The molecule has 2 aliphatic rings. The Kier molecular flexibility index (Phi) is 8.59. The Morgan fingerprint density at radius 2 is 1.60 bits per heavy atom. The van der Waals surface area contributed by atoms with Gasteiger partial charge in [0.2, 0.25) is 0 Å². The molecular weight excluding hydrogens is 412 g/mol. The normalized spacial score (nSPS) is 21.5. The first-order valence-corrected chi connectivity index (χ1v) is 11.4. The standard InChI is InChI=1S/C15H21N3O3S.C4H11NO3/c1-11-5-7-14(8-6-11)22(20,21)17-15(19)16-18-9-12-3-2-4-13(12)10-18;5-4(1-6,2-7)3-8/h5-8,12-13H,2-4,9-10H2,1H3,(H2,16,17,19);6-8H,1-3,5H2. The van der Waals surface area contributed by atoms with Gasteiger partial charge in [-0.25, -0.2) is 22.9 Å². The van der Waals surface area contributed by atoms with Crippen molar-refractivity contribution in [1.29, 1.82) is 0 Å². The molecule has 1 aliphatic carbocycles. The van der Waals surface area contributed by atoms with E-state index in [9.17, 15) is 13.2 Å². The number of fused-ring (bicyclic) bond motifs is 1. The summed E-state index contributed by atoms with van der Waals surface area (Å²) in [5.41, 5.74) is 7.55. The highest BCUT2D eigenvalue weighted by Gasteiger charge is 2.36. The molecule has 1 aromatic rings. The third kappa shape index (κ3) is 6.62. The summed E-state index contributed by atoms with van der Waals surface area (Å²) >= 11 is 0. The second-order valence-electron chi connectivity index (χ2n) is 8.05. The third-order valence-electron chi connectivity index (χ3n) is 5.49. The molecule has 1 heterocycles. The number of nitrogens with one attached hydrogen (secondary N) is 2. The molecular formula is C19H32N4O6S. The summed E-state index contributed by atoms with van der Waals surface area (Å²) in [6, 6.07) is 5.69. The van der Waals surface area contributed by atoms with Gasteiger partial charge < -0.3 is 21.1 Å². The molecule has 0 aromatic heterocycles. The van der Waals surface area contributed by atoms with Crippen molar-refractivity contribution in [1.82, 2.24) is 15.2 Å². The SMILES string of the molecule is Cc1ccc(S(=O)(=O)NC(=O)NN2CC3CCCC3C2)cc1.NC(CO)(CO)CO. The molecule has 170 valence electrons. The average Bonchev–Trinajstić information content (AvgIpc) is 3.29. The van der Waals surface area contributed by atoms with Crippen molar-refractivity contribution in [3.05, 3.63) is 29.8 Å². The largest absolute Gasteiger partial charge is 0.394 e. The highest BCUT2D eigenvalue weighted by Crippen LogP contribution is 2.36. The number of hydrogen-bond acceptors (Lipinski definition) is 8. The van der Waals surface area contributed by atoms with Crippen molar-refractivity contribution in [2.45, 2.75) is 36.6 Å². The molecule has 2 fully saturated rings. The van der Waals surface area contributed by atoms with Crippen molar-refractivity contribution in [3.8, 4) is 0 Å². The summed E-state index contributed by atoms with van der Waals surface area (Å²) < 4.78 is 26.3. The summed E-state index contributed by atoms with van der Waals surface area (Å²) in [7, 11) is -3.83. The van der Waals surface area contributed by atoms with Crippen LogP contribution in [-0.4, -0.2) is 73.2 Å². The Labute approximate surface area is 177 Å². The smallest absolute Gasteiger partial charge is 0.343 e. The van der Waals surface area contributed by atoms with Crippen LogP contribution in [0, 0.1) is 18.8 Å². The quantitative estimate of drug-likeness (QED) is 0.335. The number of aliphatic hydroxyl groups is 3. The molecule has 0 radical (unpaired) electrons. The van der Waals surface area contributed by atoms with Gasteiger partial charge in [-0.1, -0.05) is 24.1 Å². The third-order valence-corrected chi connectivity index (χ3v) is 6.84. The number of hydrogen-bond donors (Lipinski definition) is 6. The van der Waals surface area contributed by atoms with Crippen molar-refractivity contribution < 1.29 is 28.5 Å². The van der Waals surface area contributed by atoms with Crippen LogP contribution in [0.25, 0.3) is 0 Å². The Morgan fingerprint density at radius 1 is 1.10 bits per heavy atom. The van der Waals surface area contributed by atoms with Crippen LogP contribution in [0.15, 0.2) is 29.2 Å². The summed E-state index contributed by atoms with van der Waals surface area (Å²) in [5.74, 6) is 1.27. The number of nitrogens with zero attached hydrogens (tertiary/aromatic N) is 1. The molecule has 11 heteroatoms. The van der Waals surface area contributed by atoms with E-state index in [1.165, 1.54) is 31.4 Å². The van der Waals surface area contributed by atoms with E-state index < -0.39 is 41.4 Å². The van der Waals surface area contributed by atoms with Crippen LogP contribution >= 0.6 is 0 Å². The van der Waals surface area contributed by atoms with Crippen LogP contribution in [0.1, 0.15) is 24.8 Å². The van der Waals surface area contributed by atoms with Crippen LogP contribution in [-0.2, 0) is 10.0 Å². The number of sulfonamides is 1. The summed E-state index contributed by atoms with van der Waals surface area (Å²) in [4.78, 5) is 12.0. The van der Waals surface area contributed by atoms with Gasteiger partial charge in [0.15, 0.2) is 0 Å². The molecule has 2 amide bonds. The van der Waals surface area contributed by atoms with Crippen molar-refractivity contribution in [2.75, 3.05) is 32.9 Å². The van der Waals surface area contributed by atoms with Gasteiger partial charge in [-0.15, -0.1) is 0 Å². The second-order valence-corrected chi connectivity index (χ2v) is 9.73. The van der Waals surface area contributed by atoms with Gasteiger partial charge in [0.25, 0.3) is 10.0 Å². The van der Waals surface area contributed by atoms with Gasteiger partial charge >= 0.3 is 6.03 Å². The number of aliphatic hydroxyl groups excluding tert-OH is 3. The van der Waals surface area contributed by atoms with Gasteiger partial charge in [-0.05, 0) is 43.7 Å². The van der Waals surface area contributed by atoms with Gasteiger partial charge in [-0.2, -0.15) is 0 Å². The molecule has 0 spiro atoms. The Bertz CT molecular complexity index is 777. The topological polar surface area (TPSA) is 165 Å². The molecule has 1 saturated heterocycles. The van der Waals surface area contributed by atoms with E-state index in [1.807, 2.05) is 11.9 Å². The number of carbonyl (C=O) groups is 1. The zero-order valence-corrected chi connectivity index (χ0v) is 17.9. The maximum Gasteiger partial charge on any atom is 0.343 e. The van der Waals surface area contributed by atoms with Crippen LogP contribution < -0.4 is 15.9 Å². The van der Waals surface area contributed by atoms with E-state index in [0.29, 0.717) is 11.8 Å². The average molecular weight is 445 g/mol. The molecule has 1 saturated carbocycles. The minimum atomic E-state index is -3.83. The number of nitrogens with two attached hydrogens (primary N) is 1. The fraction of sp³-hybridized carbons (Fsp3) is 0.632. The maximum atomic E-state index is 12.1. The van der Waals surface area contributed by atoms with Crippen LogP contribution in [0.5, 0.6) is 0 Å². The molecule has 3 rings (SSSR count). The summed E-state index contributed by atoms with van der Waals surface area (Å²) in [6.45, 7) is 2.28. The van der Waals surface area contributed by atoms with Gasteiger partial charge in [0, 0.05) is 13.1 Å². The number of urea groups is 1. The minimum Gasteiger partial charge on any atom is -0.394 e. The fourth-order valence-corrected chi connectivity index (χ4v) is 4.44. The minimum absolute atomic E-state index is 0.0894. The number of benzene rings is 1. The number of rotatable bonds is 6.